The largest absolute Gasteiger partial charge is 0.496 e. The van der Waals surface area contributed by atoms with Gasteiger partial charge >= 0.3 is 0 Å². The van der Waals surface area contributed by atoms with Crippen LogP contribution in [0.25, 0.3) is 10.1 Å². The van der Waals surface area contributed by atoms with E-state index in [1.807, 2.05) is 18.2 Å². The molecule has 1 aromatic heterocycles. The summed E-state index contributed by atoms with van der Waals surface area (Å²) < 4.78 is 11.3. The molecule has 116 valence electrons. The lowest BCUT2D eigenvalue weighted by Gasteiger charge is -2.08. The van der Waals surface area contributed by atoms with E-state index in [9.17, 15) is 9.59 Å². The highest BCUT2D eigenvalue weighted by Crippen LogP contribution is 2.40. The number of methoxy groups -OCH3 is 2. The van der Waals surface area contributed by atoms with Gasteiger partial charge in [-0.3, -0.25) is 9.59 Å². The van der Waals surface area contributed by atoms with Crippen LogP contribution in [-0.4, -0.2) is 26.3 Å². The highest BCUT2D eigenvalue weighted by molar-refractivity contribution is 7.21. The third-order valence-corrected chi connectivity index (χ3v) is 4.75. The zero-order chi connectivity index (χ0) is 16.4. The van der Waals surface area contributed by atoms with Crippen molar-refractivity contribution in [2.45, 2.75) is 0 Å². The molecule has 0 saturated heterocycles. The van der Waals surface area contributed by atoms with Crippen molar-refractivity contribution in [2.24, 2.45) is 0 Å². The highest BCUT2D eigenvalue weighted by Gasteiger charge is 2.19. The fourth-order valence-corrected chi connectivity index (χ4v) is 3.59. The summed E-state index contributed by atoms with van der Waals surface area (Å²) >= 11 is 1.27. The third-order valence-electron chi connectivity index (χ3n) is 3.59. The van der Waals surface area contributed by atoms with Crippen molar-refractivity contribution in [3.05, 3.63) is 58.5 Å². The first-order valence-electron chi connectivity index (χ1n) is 6.93. The van der Waals surface area contributed by atoms with Crippen LogP contribution in [0.1, 0.15) is 25.6 Å². The van der Waals surface area contributed by atoms with E-state index < -0.39 is 0 Å². The number of fused-ring (bicyclic) bond motifs is 1. The van der Waals surface area contributed by atoms with Gasteiger partial charge in [0.05, 0.1) is 29.4 Å². The van der Waals surface area contributed by atoms with E-state index in [0.29, 0.717) is 32.2 Å². The van der Waals surface area contributed by atoms with Gasteiger partial charge in [0, 0.05) is 17.0 Å². The number of aldehydes is 1. The molecule has 0 aliphatic rings. The van der Waals surface area contributed by atoms with Crippen molar-refractivity contribution in [1.29, 1.82) is 0 Å². The Bertz CT molecular complexity index is 881. The average molecular weight is 326 g/mol. The van der Waals surface area contributed by atoms with E-state index in [4.69, 9.17) is 9.47 Å². The number of rotatable bonds is 5. The van der Waals surface area contributed by atoms with Crippen LogP contribution >= 0.6 is 11.3 Å². The van der Waals surface area contributed by atoms with Gasteiger partial charge in [-0.15, -0.1) is 11.3 Å². The Kier molecular flexibility index (Phi) is 4.12. The molecule has 0 amide bonds. The lowest BCUT2D eigenvalue weighted by Crippen LogP contribution is -1.97. The predicted molar refractivity (Wildman–Crippen MR) is 90.2 cm³/mol. The molecule has 0 N–H and O–H groups in total. The number of hydrogen-bond donors (Lipinski definition) is 0. The number of carbonyl (C=O) groups is 2. The molecule has 4 nitrogen and oxygen atoms in total. The molecular weight excluding hydrogens is 312 g/mol. The smallest absolute Gasteiger partial charge is 0.202 e. The molecule has 3 aromatic rings. The molecule has 23 heavy (non-hydrogen) atoms. The normalized spacial score (nSPS) is 10.5. The number of thiophene rings is 1. The molecule has 1 heterocycles. The van der Waals surface area contributed by atoms with Crippen molar-refractivity contribution in [2.75, 3.05) is 14.2 Å². The number of ether oxygens (including phenoxy) is 2. The quantitative estimate of drug-likeness (QED) is 0.526. The fourth-order valence-electron chi connectivity index (χ4n) is 2.45. The van der Waals surface area contributed by atoms with Gasteiger partial charge in [0.2, 0.25) is 5.78 Å². The van der Waals surface area contributed by atoms with Gasteiger partial charge in [-0.05, 0) is 6.07 Å². The Labute approximate surface area is 137 Å². The molecule has 0 radical (unpaired) electrons. The number of hydrogen-bond acceptors (Lipinski definition) is 5. The summed E-state index contributed by atoms with van der Waals surface area (Å²) in [4.78, 5) is 24.6. The van der Waals surface area contributed by atoms with E-state index in [1.165, 1.54) is 18.4 Å². The Morgan fingerprint density at radius 2 is 1.74 bits per heavy atom. The van der Waals surface area contributed by atoms with Crippen molar-refractivity contribution in [3.8, 4) is 11.5 Å². The first kappa shape index (κ1) is 15.2. The molecule has 5 heteroatoms. The van der Waals surface area contributed by atoms with Crippen LogP contribution in [0.15, 0.2) is 42.5 Å². The zero-order valence-electron chi connectivity index (χ0n) is 12.7. The van der Waals surface area contributed by atoms with Gasteiger partial charge in [-0.1, -0.05) is 30.3 Å². The van der Waals surface area contributed by atoms with Gasteiger partial charge in [0.15, 0.2) is 6.29 Å². The first-order valence-corrected chi connectivity index (χ1v) is 7.74. The molecule has 2 aromatic carbocycles. The van der Waals surface area contributed by atoms with Crippen molar-refractivity contribution >= 4 is 33.5 Å². The number of ketones is 1. The molecule has 0 atom stereocenters. The van der Waals surface area contributed by atoms with E-state index in [-0.39, 0.29) is 5.78 Å². The first-order chi connectivity index (χ1) is 11.2. The molecule has 0 unspecified atom stereocenters. The van der Waals surface area contributed by atoms with Crippen LogP contribution in [0.2, 0.25) is 0 Å². The van der Waals surface area contributed by atoms with Crippen molar-refractivity contribution in [3.63, 3.8) is 0 Å². The summed E-state index contributed by atoms with van der Waals surface area (Å²) in [5.41, 5.74) is 1.04. The van der Waals surface area contributed by atoms with E-state index in [2.05, 4.69) is 0 Å². The molecule has 0 bridgehead atoms. The summed E-state index contributed by atoms with van der Waals surface area (Å²) in [6, 6.07) is 12.5. The maximum absolute atomic E-state index is 12.6. The minimum Gasteiger partial charge on any atom is -0.496 e. The second-order valence-corrected chi connectivity index (χ2v) is 5.91. The summed E-state index contributed by atoms with van der Waals surface area (Å²) in [6.07, 6.45) is 0.744. The molecule has 0 saturated carbocycles. The molecule has 0 fully saturated rings. The summed E-state index contributed by atoms with van der Waals surface area (Å²) in [7, 11) is 3.04. The maximum Gasteiger partial charge on any atom is 0.202 e. The second-order valence-electron chi connectivity index (χ2n) is 4.86. The van der Waals surface area contributed by atoms with Gasteiger partial charge in [-0.25, -0.2) is 0 Å². The SMILES string of the molecule is COc1cc(OC)c2cc(C(=O)c3ccccc3)sc2c1C=O. The maximum atomic E-state index is 12.6. The van der Waals surface area contributed by atoms with Crippen LogP contribution in [-0.2, 0) is 0 Å². The number of carbonyl (C=O) groups excluding carboxylic acids is 2. The van der Waals surface area contributed by atoms with Crippen LogP contribution < -0.4 is 9.47 Å². The Balaban J connectivity index is 2.22. The van der Waals surface area contributed by atoms with Crippen LogP contribution in [0.3, 0.4) is 0 Å². The Morgan fingerprint density at radius 3 is 2.35 bits per heavy atom. The second kappa shape index (κ2) is 6.22. The standard InChI is InChI=1S/C18H14O4S/c1-21-14-9-15(22-2)13(10-19)18-12(14)8-16(23-18)17(20)11-6-4-3-5-7-11/h3-10H,1-2H3. The van der Waals surface area contributed by atoms with Gasteiger partial charge < -0.3 is 9.47 Å². The minimum atomic E-state index is -0.0790. The summed E-state index contributed by atoms with van der Waals surface area (Å²) in [5, 5.41) is 0.736. The lowest BCUT2D eigenvalue weighted by molar-refractivity contribution is 0.104. The summed E-state index contributed by atoms with van der Waals surface area (Å²) in [6.45, 7) is 0. The number of benzene rings is 2. The van der Waals surface area contributed by atoms with E-state index >= 15 is 0 Å². The molecule has 0 spiro atoms. The van der Waals surface area contributed by atoms with Crippen LogP contribution in [0, 0.1) is 0 Å². The van der Waals surface area contributed by atoms with E-state index in [0.717, 1.165) is 11.7 Å². The Morgan fingerprint density at radius 1 is 1.04 bits per heavy atom. The molecule has 3 rings (SSSR count). The van der Waals surface area contributed by atoms with Crippen LogP contribution in [0.4, 0.5) is 0 Å². The zero-order valence-corrected chi connectivity index (χ0v) is 13.5. The predicted octanol–water partition coefficient (Wildman–Crippen LogP) is 3.96. The monoisotopic (exact) mass is 326 g/mol. The van der Waals surface area contributed by atoms with Gasteiger partial charge in [-0.2, -0.15) is 0 Å². The van der Waals surface area contributed by atoms with Crippen LogP contribution in [0.5, 0.6) is 11.5 Å². The van der Waals surface area contributed by atoms with Gasteiger partial charge in [0.25, 0.3) is 0 Å². The minimum absolute atomic E-state index is 0.0790. The van der Waals surface area contributed by atoms with Crippen molar-refractivity contribution < 1.29 is 19.1 Å². The fraction of sp³-hybridized carbons (Fsp3) is 0.111. The molecule has 0 aliphatic carbocycles. The Hall–Kier alpha value is -2.66. The average Bonchev–Trinajstić information content (AvgIpc) is 3.05. The molecule has 0 aliphatic heterocycles. The van der Waals surface area contributed by atoms with E-state index in [1.54, 1.807) is 31.4 Å². The highest BCUT2D eigenvalue weighted by atomic mass is 32.1. The summed E-state index contributed by atoms with van der Waals surface area (Å²) in [5.74, 6) is 0.931. The van der Waals surface area contributed by atoms with Gasteiger partial charge in [0.1, 0.15) is 11.5 Å². The lowest BCUT2D eigenvalue weighted by atomic mass is 10.1. The topological polar surface area (TPSA) is 52.6 Å². The van der Waals surface area contributed by atoms with Crippen molar-refractivity contribution in [1.82, 2.24) is 0 Å². The molecular formula is C18H14O4S. The third kappa shape index (κ3) is 2.59.